The van der Waals surface area contributed by atoms with Crippen LogP contribution in [0.3, 0.4) is 0 Å². The molecule has 11 heavy (non-hydrogen) atoms. The highest BCUT2D eigenvalue weighted by atomic mass is 15.4. The minimum absolute atomic E-state index is 0.773. The molecule has 0 aromatic carbocycles. The van der Waals surface area contributed by atoms with E-state index in [2.05, 4.69) is 34.9 Å². The molecule has 1 heterocycles. The summed E-state index contributed by atoms with van der Waals surface area (Å²) in [5.74, 6) is 0. The minimum Gasteiger partial charge on any atom is -0.158 e. The molecule has 1 fully saturated rings. The third-order valence-electron chi connectivity index (χ3n) is 2.60. The Morgan fingerprint density at radius 3 is 2.64 bits per heavy atom. The lowest BCUT2D eigenvalue weighted by molar-refractivity contribution is -0.756. The molecule has 2 heteroatoms. The maximum Gasteiger partial charge on any atom is 0.195 e. The highest BCUT2D eigenvalue weighted by Crippen LogP contribution is 2.27. The van der Waals surface area contributed by atoms with E-state index in [9.17, 15) is 0 Å². The highest BCUT2D eigenvalue weighted by molar-refractivity contribution is 4.78. The van der Waals surface area contributed by atoms with Crippen molar-refractivity contribution in [3.05, 3.63) is 18.5 Å². The van der Waals surface area contributed by atoms with Crippen molar-refractivity contribution in [2.75, 3.05) is 0 Å². The van der Waals surface area contributed by atoms with Crippen molar-refractivity contribution < 1.29 is 4.68 Å². The fourth-order valence-electron chi connectivity index (χ4n) is 1.98. The van der Waals surface area contributed by atoms with Gasteiger partial charge in [-0.3, -0.25) is 0 Å². The molecule has 0 amide bonds. The summed E-state index contributed by atoms with van der Waals surface area (Å²) in [5, 5.41) is 0. The zero-order valence-electron chi connectivity index (χ0n) is 7.03. The second-order valence-corrected chi connectivity index (χ2v) is 3.38. The molecule has 1 aliphatic rings. The van der Waals surface area contributed by atoms with Gasteiger partial charge in [0.25, 0.3) is 0 Å². The summed E-state index contributed by atoms with van der Waals surface area (Å²) >= 11 is 0. The number of aryl methyl sites for hydroxylation is 1. The smallest absolute Gasteiger partial charge is 0.158 e. The van der Waals surface area contributed by atoms with E-state index in [1.54, 1.807) is 0 Å². The first-order valence-corrected chi connectivity index (χ1v) is 4.40. The van der Waals surface area contributed by atoms with Crippen LogP contribution < -0.4 is 4.68 Å². The molecular weight excluding hydrogens is 136 g/mol. The first-order valence-electron chi connectivity index (χ1n) is 4.40. The maximum absolute atomic E-state index is 2.34. The van der Waals surface area contributed by atoms with Gasteiger partial charge < -0.3 is 0 Å². The van der Waals surface area contributed by atoms with Crippen LogP contribution in [0.15, 0.2) is 18.5 Å². The van der Waals surface area contributed by atoms with Gasteiger partial charge >= 0.3 is 0 Å². The van der Waals surface area contributed by atoms with Gasteiger partial charge in [-0.05, 0) is 12.8 Å². The van der Waals surface area contributed by atoms with Crippen LogP contribution in [0.2, 0.25) is 0 Å². The summed E-state index contributed by atoms with van der Waals surface area (Å²) in [7, 11) is 2.11. The zero-order chi connectivity index (χ0) is 7.68. The van der Waals surface area contributed by atoms with E-state index in [1.807, 2.05) is 0 Å². The lowest BCUT2D eigenvalue weighted by Gasteiger charge is -2.06. The average Bonchev–Trinajstić information content (AvgIpc) is 2.55. The second kappa shape index (κ2) is 2.68. The van der Waals surface area contributed by atoms with E-state index in [0.717, 1.165) is 6.04 Å². The van der Waals surface area contributed by atoms with Crippen LogP contribution in [-0.2, 0) is 7.05 Å². The molecule has 2 nitrogen and oxygen atoms in total. The Morgan fingerprint density at radius 2 is 2.09 bits per heavy atom. The van der Waals surface area contributed by atoms with Crippen molar-refractivity contribution in [2.24, 2.45) is 7.05 Å². The predicted molar refractivity (Wildman–Crippen MR) is 43.1 cm³/mol. The summed E-state index contributed by atoms with van der Waals surface area (Å²) in [6.07, 6.45) is 9.82. The summed E-state index contributed by atoms with van der Waals surface area (Å²) in [6, 6.07) is 2.88. The Kier molecular flexibility index (Phi) is 1.68. The molecule has 1 aromatic rings. The second-order valence-electron chi connectivity index (χ2n) is 3.38. The van der Waals surface area contributed by atoms with E-state index in [1.165, 1.54) is 25.7 Å². The fourth-order valence-corrected chi connectivity index (χ4v) is 1.98. The maximum atomic E-state index is 2.34. The Hall–Kier alpha value is -0.790. The van der Waals surface area contributed by atoms with Crippen molar-refractivity contribution in [3.63, 3.8) is 0 Å². The van der Waals surface area contributed by atoms with Gasteiger partial charge in [0.05, 0.1) is 12.2 Å². The molecule has 60 valence electrons. The van der Waals surface area contributed by atoms with Gasteiger partial charge in [0, 0.05) is 6.07 Å². The van der Waals surface area contributed by atoms with Crippen LogP contribution >= 0.6 is 0 Å². The lowest BCUT2D eigenvalue weighted by atomic mass is 10.3. The largest absolute Gasteiger partial charge is 0.195 e. The molecule has 0 atom stereocenters. The molecule has 0 radical (unpaired) electrons. The molecule has 1 aliphatic carbocycles. The van der Waals surface area contributed by atoms with E-state index >= 15 is 0 Å². The van der Waals surface area contributed by atoms with Crippen LogP contribution in [0.4, 0.5) is 0 Å². The number of hydrogen-bond acceptors (Lipinski definition) is 0. The van der Waals surface area contributed by atoms with E-state index in [0.29, 0.717) is 0 Å². The lowest BCUT2D eigenvalue weighted by Crippen LogP contribution is -2.39. The Morgan fingerprint density at radius 1 is 1.36 bits per heavy atom. The molecule has 1 saturated carbocycles. The predicted octanol–water partition coefficient (Wildman–Crippen LogP) is 1.43. The van der Waals surface area contributed by atoms with E-state index in [4.69, 9.17) is 0 Å². The summed E-state index contributed by atoms with van der Waals surface area (Å²) in [6.45, 7) is 0. The summed E-state index contributed by atoms with van der Waals surface area (Å²) in [4.78, 5) is 0. The Balaban J connectivity index is 2.21. The fraction of sp³-hybridized carbons (Fsp3) is 0.667. The van der Waals surface area contributed by atoms with Gasteiger partial charge in [-0.1, -0.05) is 12.8 Å². The number of aromatic nitrogens is 2. The molecule has 0 unspecified atom stereocenters. The van der Waals surface area contributed by atoms with Crippen molar-refractivity contribution in [1.29, 1.82) is 0 Å². The first-order chi connectivity index (χ1) is 5.38. The van der Waals surface area contributed by atoms with Gasteiger partial charge in [-0.15, -0.1) is 4.68 Å². The van der Waals surface area contributed by atoms with Crippen LogP contribution in [0.25, 0.3) is 0 Å². The van der Waals surface area contributed by atoms with Crippen molar-refractivity contribution in [1.82, 2.24) is 4.68 Å². The van der Waals surface area contributed by atoms with Crippen LogP contribution in [0, 0.1) is 0 Å². The van der Waals surface area contributed by atoms with Gasteiger partial charge in [-0.2, -0.15) is 4.68 Å². The monoisotopic (exact) mass is 151 g/mol. The molecule has 2 rings (SSSR count). The SMILES string of the molecule is C[n+]1cccn1C1CCCC1. The van der Waals surface area contributed by atoms with E-state index in [-0.39, 0.29) is 0 Å². The topological polar surface area (TPSA) is 8.81 Å². The van der Waals surface area contributed by atoms with Crippen LogP contribution in [0.5, 0.6) is 0 Å². The molecular formula is C9H15N2+. The first kappa shape index (κ1) is 6.89. The summed E-state index contributed by atoms with van der Waals surface area (Å²) in [5.41, 5.74) is 0. The van der Waals surface area contributed by atoms with Gasteiger partial charge in [0.2, 0.25) is 0 Å². The highest BCUT2D eigenvalue weighted by Gasteiger charge is 2.20. The number of nitrogens with zero attached hydrogens (tertiary/aromatic N) is 2. The molecule has 0 saturated heterocycles. The molecule has 0 spiro atoms. The Labute approximate surface area is 67.4 Å². The average molecular weight is 151 g/mol. The molecule has 1 aromatic heterocycles. The van der Waals surface area contributed by atoms with Gasteiger partial charge in [0.15, 0.2) is 13.2 Å². The van der Waals surface area contributed by atoms with Crippen molar-refractivity contribution in [3.8, 4) is 0 Å². The quantitative estimate of drug-likeness (QED) is 0.537. The minimum atomic E-state index is 0.773. The van der Waals surface area contributed by atoms with Crippen molar-refractivity contribution >= 4 is 0 Å². The number of hydrogen-bond donors (Lipinski definition) is 0. The summed E-state index contributed by atoms with van der Waals surface area (Å²) < 4.78 is 4.52. The normalized spacial score (nSPS) is 19.4. The molecule has 0 bridgehead atoms. The number of rotatable bonds is 1. The Bertz CT molecular complexity index is 233. The van der Waals surface area contributed by atoms with Crippen LogP contribution in [0.1, 0.15) is 31.7 Å². The van der Waals surface area contributed by atoms with E-state index < -0.39 is 0 Å². The van der Waals surface area contributed by atoms with Crippen molar-refractivity contribution in [2.45, 2.75) is 31.7 Å². The third kappa shape index (κ3) is 1.17. The molecule has 0 N–H and O–H groups in total. The van der Waals surface area contributed by atoms with Gasteiger partial charge in [-0.25, -0.2) is 0 Å². The zero-order valence-corrected chi connectivity index (χ0v) is 7.03. The van der Waals surface area contributed by atoms with Crippen LogP contribution in [-0.4, -0.2) is 4.68 Å². The van der Waals surface area contributed by atoms with Gasteiger partial charge in [0.1, 0.15) is 0 Å². The standard InChI is InChI=1S/C9H15N2/c1-10-7-4-8-11(10)9-5-2-3-6-9/h4,7-9H,2-3,5-6H2,1H3/q+1. The molecule has 0 aliphatic heterocycles. The third-order valence-corrected chi connectivity index (χ3v) is 2.60.